The van der Waals surface area contributed by atoms with Gasteiger partial charge in [0.2, 0.25) is 0 Å². The topological polar surface area (TPSA) is 27.1 Å². The van der Waals surface area contributed by atoms with Crippen LogP contribution >= 0.6 is 15.9 Å². The van der Waals surface area contributed by atoms with Crippen molar-refractivity contribution in [2.75, 3.05) is 6.61 Å². The molecule has 4 heteroatoms. The van der Waals surface area contributed by atoms with Crippen LogP contribution < -0.4 is 4.84 Å². The maximum absolute atomic E-state index is 5.08. The molecule has 0 fully saturated rings. The Hall–Kier alpha value is -0.510. The second-order valence-electron chi connectivity index (χ2n) is 1.88. The number of rotatable bonds is 2. The summed E-state index contributed by atoms with van der Waals surface area (Å²) in [5, 5.41) is 4.05. The number of aryl methyl sites for hydroxylation is 1. The van der Waals surface area contributed by atoms with Crippen molar-refractivity contribution in [3.8, 4) is 0 Å². The number of hydrogen-bond acceptors (Lipinski definition) is 2. The molecule has 0 radical (unpaired) electrons. The largest absolute Gasteiger partial charge is 0.397 e. The molecule has 10 heavy (non-hydrogen) atoms. The van der Waals surface area contributed by atoms with E-state index in [2.05, 4.69) is 21.0 Å². The van der Waals surface area contributed by atoms with Crippen molar-refractivity contribution in [2.45, 2.75) is 13.8 Å². The van der Waals surface area contributed by atoms with E-state index in [0.29, 0.717) is 6.61 Å². The van der Waals surface area contributed by atoms with E-state index in [1.165, 1.54) is 4.85 Å². The van der Waals surface area contributed by atoms with Crippen LogP contribution in [0.2, 0.25) is 0 Å². The highest BCUT2D eigenvalue weighted by atomic mass is 79.9. The molecule has 0 aliphatic carbocycles. The summed E-state index contributed by atoms with van der Waals surface area (Å²) in [5.41, 5.74) is 0.938. The van der Waals surface area contributed by atoms with Gasteiger partial charge in [0.1, 0.15) is 6.61 Å². The smallest absolute Gasteiger partial charge is 0.114 e. The van der Waals surface area contributed by atoms with Gasteiger partial charge in [0, 0.05) is 0 Å². The molecule has 0 N–H and O–H groups in total. The Labute approximate surface area is 68.1 Å². The summed E-state index contributed by atoms with van der Waals surface area (Å²) < 4.78 is 0.973. The molecule has 0 atom stereocenters. The predicted molar refractivity (Wildman–Crippen MR) is 41.8 cm³/mol. The van der Waals surface area contributed by atoms with E-state index in [1.807, 2.05) is 13.8 Å². The van der Waals surface area contributed by atoms with Gasteiger partial charge in [-0.25, -0.2) is 0 Å². The Balaban J connectivity index is 2.77. The first kappa shape index (κ1) is 7.60. The Morgan fingerprint density at radius 3 is 2.90 bits per heavy atom. The minimum Gasteiger partial charge on any atom is -0.397 e. The SMILES string of the molecule is CCOn1cc(Br)c(C)n1. The lowest BCUT2D eigenvalue weighted by molar-refractivity contribution is 0.0920. The molecular formula is C6H9BrN2O. The highest BCUT2D eigenvalue weighted by molar-refractivity contribution is 9.10. The molecule has 0 aromatic carbocycles. The first-order valence-corrected chi connectivity index (χ1v) is 3.88. The van der Waals surface area contributed by atoms with Crippen molar-refractivity contribution in [3.05, 3.63) is 16.4 Å². The van der Waals surface area contributed by atoms with Crippen LogP contribution in [-0.4, -0.2) is 16.6 Å². The lowest BCUT2D eigenvalue weighted by Gasteiger charge is -1.97. The van der Waals surface area contributed by atoms with Crippen molar-refractivity contribution in [1.82, 2.24) is 9.94 Å². The molecule has 1 aromatic heterocycles. The molecule has 0 spiro atoms. The van der Waals surface area contributed by atoms with E-state index in [-0.39, 0.29) is 0 Å². The summed E-state index contributed by atoms with van der Waals surface area (Å²) >= 11 is 3.32. The Bertz CT molecular complexity index is 202. The summed E-state index contributed by atoms with van der Waals surface area (Å²) in [4.78, 5) is 6.54. The average molecular weight is 205 g/mol. The van der Waals surface area contributed by atoms with Gasteiger partial charge in [-0.3, -0.25) is 0 Å². The van der Waals surface area contributed by atoms with Gasteiger partial charge in [-0.15, -0.1) is 9.94 Å². The molecule has 1 heterocycles. The maximum Gasteiger partial charge on any atom is 0.114 e. The van der Waals surface area contributed by atoms with Crippen LogP contribution in [-0.2, 0) is 0 Å². The Morgan fingerprint density at radius 1 is 1.80 bits per heavy atom. The lowest BCUT2D eigenvalue weighted by atomic mass is 10.5. The molecule has 0 saturated carbocycles. The van der Waals surface area contributed by atoms with Crippen molar-refractivity contribution in [3.63, 3.8) is 0 Å². The van der Waals surface area contributed by atoms with Gasteiger partial charge in [0.15, 0.2) is 0 Å². The highest BCUT2D eigenvalue weighted by Gasteiger charge is 1.99. The fourth-order valence-electron chi connectivity index (χ4n) is 0.613. The normalized spacial score (nSPS) is 9.90. The summed E-state index contributed by atoms with van der Waals surface area (Å²) in [6.45, 7) is 4.47. The quantitative estimate of drug-likeness (QED) is 0.729. The summed E-state index contributed by atoms with van der Waals surface area (Å²) in [6, 6.07) is 0. The van der Waals surface area contributed by atoms with Crippen molar-refractivity contribution < 1.29 is 4.84 Å². The van der Waals surface area contributed by atoms with E-state index >= 15 is 0 Å². The molecular weight excluding hydrogens is 196 g/mol. The molecule has 0 aliphatic rings. The fourth-order valence-corrected chi connectivity index (χ4v) is 0.868. The third kappa shape index (κ3) is 1.50. The van der Waals surface area contributed by atoms with Gasteiger partial charge < -0.3 is 4.84 Å². The van der Waals surface area contributed by atoms with Crippen LogP contribution in [0.4, 0.5) is 0 Å². The molecule has 0 amide bonds. The molecule has 0 aliphatic heterocycles. The van der Waals surface area contributed by atoms with Gasteiger partial charge in [0.25, 0.3) is 0 Å². The zero-order valence-electron chi connectivity index (χ0n) is 5.97. The molecule has 1 aromatic rings. The molecule has 0 bridgehead atoms. The van der Waals surface area contributed by atoms with Crippen molar-refractivity contribution >= 4 is 15.9 Å². The van der Waals surface area contributed by atoms with Gasteiger partial charge in [-0.1, -0.05) is 0 Å². The molecule has 3 nitrogen and oxygen atoms in total. The van der Waals surface area contributed by atoms with E-state index in [1.54, 1.807) is 6.20 Å². The van der Waals surface area contributed by atoms with Crippen LogP contribution in [0, 0.1) is 6.92 Å². The molecule has 0 saturated heterocycles. The summed E-state index contributed by atoms with van der Waals surface area (Å²) in [6.07, 6.45) is 1.79. The third-order valence-corrected chi connectivity index (χ3v) is 1.86. The van der Waals surface area contributed by atoms with Gasteiger partial charge >= 0.3 is 0 Å². The van der Waals surface area contributed by atoms with Crippen molar-refractivity contribution in [1.29, 1.82) is 0 Å². The predicted octanol–water partition coefficient (Wildman–Crippen LogP) is 1.40. The monoisotopic (exact) mass is 204 g/mol. The minimum atomic E-state index is 0.632. The van der Waals surface area contributed by atoms with Crippen LogP contribution in [0.5, 0.6) is 0 Å². The van der Waals surface area contributed by atoms with Crippen LogP contribution in [0.1, 0.15) is 12.6 Å². The number of nitrogens with zero attached hydrogens (tertiary/aromatic N) is 2. The molecule has 1 rings (SSSR count). The zero-order valence-corrected chi connectivity index (χ0v) is 7.55. The fraction of sp³-hybridized carbons (Fsp3) is 0.500. The van der Waals surface area contributed by atoms with Gasteiger partial charge in [-0.05, 0) is 29.8 Å². The van der Waals surface area contributed by atoms with E-state index in [0.717, 1.165) is 10.2 Å². The molecule has 56 valence electrons. The number of halogens is 1. The zero-order chi connectivity index (χ0) is 7.56. The van der Waals surface area contributed by atoms with Crippen LogP contribution in [0.15, 0.2) is 10.7 Å². The number of aromatic nitrogens is 2. The van der Waals surface area contributed by atoms with Crippen LogP contribution in [0.3, 0.4) is 0 Å². The second kappa shape index (κ2) is 3.05. The molecule has 0 unspecified atom stereocenters. The highest BCUT2D eigenvalue weighted by Crippen LogP contribution is 2.11. The van der Waals surface area contributed by atoms with E-state index in [4.69, 9.17) is 4.84 Å². The first-order valence-electron chi connectivity index (χ1n) is 3.09. The van der Waals surface area contributed by atoms with Gasteiger partial charge in [-0.2, -0.15) is 0 Å². The van der Waals surface area contributed by atoms with Crippen molar-refractivity contribution in [2.24, 2.45) is 0 Å². The summed E-state index contributed by atoms with van der Waals surface area (Å²) in [7, 11) is 0. The van der Waals surface area contributed by atoms with Gasteiger partial charge in [0.05, 0.1) is 16.4 Å². The average Bonchev–Trinajstić information content (AvgIpc) is 2.14. The van der Waals surface area contributed by atoms with Crippen LogP contribution in [0.25, 0.3) is 0 Å². The third-order valence-electron chi connectivity index (χ3n) is 1.08. The number of hydrogen-bond donors (Lipinski definition) is 0. The summed E-state index contributed by atoms with van der Waals surface area (Å²) in [5.74, 6) is 0. The maximum atomic E-state index is 5.08. The lowest BCUT2D eigenvalue weighted by Crippen LogP contribution is -2.10. The second-order valence-corrected chi connectivity index (χ2v) is 2.74. The van der Waals surface area contributed by atoms with E-state index in [9.17, 15) is 0 Å². The van der Waals surface area contributed by atoms with E-state index < -0.39 is 0 Å². The minimum absolute atomic E-state index is 0.632. The first-order chi connectivity index (χ1) is 4.74. The Kier molecular flexibility index (Phi) is 2.32. The Morgan fingerprint density at radius 2 is 2.50 bits per heavy atom. The standard InChI is InChI=1S/C6H9BrN2O/c1-3-10-9-4-6(7)5(2)8-9/h4H,3H2,1-2H3.